The first kappa shape index (κ1) is 27.6. The fourth-order valence-electron chi connectivity index (χ4n) is 6.09. The summed E-state index contributed by atoms with van der Waals surface area (Å²) in [7, 11) is 0. The van der Waals surface area contributed by atoms with Gasteiger partial charge in [-0.3, -0.25) is 9.69 Å². The van der Waals surface area contributed by atoms with E-state index in [1.54, 1.807) is 6.20 Å². The van der Waals surface area contributed by atoms with Gasteiger partial charge in [-0.25, -0.2) is 14.8 Å². The van der Waals surface area contributed by atoms with E-state index in [2.05, 4.69) is 20.2 Å². The minimum atomic E-state index is -0.598. The summed E-state index contributed by atoms with van der Waals surface area (Å²) in [6.07, 6.45) is 6.99. The van der Waals surface area contributed by atoms with E-state index in [-0.39, 0.29) is 30.0 Å². The Labute approximate surface area is 244 Å². The molecule has 41 heavy (non-hydrogen) atoms. The molecule has 6 heterocycles. The summed E-state index contributed by atoms with van der Waals surface area (Å²) >= 11 is 6.53. The lowest BCUT2D eigenvalue weighted by Gasteiger charge is -2.42. The molecule has 2 unspecified atom stereocenters. The highest BCUT2D eigenvalue weighted by atomic mass is 35.5. The third-order valence-electron chi connectivity index (χ3n) is 8.13. The zero-order chi connectivity index (χ0) is 29.1. The molecular formula is C29H37ClN8O3. The summed E-state index contributed by atoms with van der Waals surface area (Å²) in [6, 6.07) is 5.94. The standard InChI is InChI=1S/C29H37ClN8O3/c1-28(2,3)41-27(40)38-19-9-10-20(38)17-36(16-19)26-32-12-21(30)24(33-26)35-14-18(15-35)25(39)34-29(4,5)22-13-31-23-8-6-7-11-37(22)23/h6-8,11-13,18-20H,9-10,14-17H2,1-5H3,(H,34,39). The van der Waals surface area contributed by atoms with E-state index < -0.39 is 11.1 Å². The maximum Gasteiger partial charge on any atom is 0.410 e. The van der Waals surface area contributed by atoms with E-state index in [0.29, 0.717) is 43.0 Å². The van der Waals surface area contributed by atoms with Crippen LogP contribution in [0, 0.1) is 5.92 Å². The Kier molecular flexibility index (Phi) is 6.75. The number of carbonyl (C=O) groups excluding carboxylic acids is 2. The highest BCUT2D eigenvalue weighted by molar-refractivity contribution is 6.32. The minimum absolute atomic E-state index is 0.0163. The highest BCUT2D eigenvalue weighted by Gasteiger charge is 2.45. The molecule has 2 bridgehead atoms. The average Bonchev–Trinajstić information content (AvgIpc) is 3.42. The maximum absolute atomic E-state index is 13.2. The quantitative estimate of drug-likeness (QED) is 0.485. The lowest BCUT2D eigenvalue weighted by molar-refractivity contribution is -0.127. The summed E-state index contributed by atoms with van der Waals surface area (Å²) in [4.78, 5) is 45.9. The Morgan fingerprint density at radius 2 is 1.68 bits per heavy atom. The lowest BCUT2D eigenvalue weighted by atomic mass is 9.95. The van der Waals surface area contributed by atoms with E-state index in [4.69, 9.17) is 21.3 Å². The summed E-state index contributed by atoms with van der Waals surface area (Å²) in [5, 5.41) is 3.66. The van der Waals surface area contributed by atoms with Gasteiger partial charge in [0.05, 0.1) is 41.6 Å². The van der Waals surface area contributed by atoms with E-state index in [1.807, 2.05) is 79.4 Å². The number of carbonyl (C=O) groups is 2. The minimum Gasteiger partial charge on any atom is -0.444 e. The number of pyridine rings is 1. The molecule has 3 aromatic rings. The number of piperazine rings is 1. The van der Waals surface area contributed by atoms with Gasteiger partial charge in [-0.2, -0.15) is 4.98 Å². The predicted octanol–water partition coefficient (Wildman–Crippen LogP) is 3.85. The molecule has 3 aliphatic rings. The second kappa shape index (κ2) is 10.0. The van der Waals surface area contributed by atoms with Crippen molar-refractivity contribution in [1.82, 2.24) is 29.6 Å². The van der Waals surface area contributed by atoms with Crippen molar-refractivity contribution in [3.63, 3.8) is 0 Å². The van der Waals surface area contributed by atoms with Gasteiger partial charge in [0.25, 0.3) is 0 Å². The number of nitrogens with one attached hydrogen (secondary N) is 1. The Bertz CT molecular complexity index is 1460. The van der Waals surface area contributed by atoms with Crippen LogP contribution >= 0.6 is 11.6 Å². The average molecular weight is 581 g/mol. The Morgan fingerprint density at radius 1 is 0.976 bits per heavy atom. The van der Waals surface area contributed by atoms with Gasteiger partial charge in [-0.15, -0.1) is 0 Å². The van der Waals surface area contributed by atoms with Crippen molar-refractivity contribution in [2.45, 2.75) is 70.7 Å². The number of aromatic nitrogens is 4. The van der Waals surface area contributed by atoms with Gasteiger partial charge in [0.1, 0.15) is 16.3 Å². The van der Waals surface area contributed by atoms with Crippen LogP contribution in [0.4, 0.5) is 16.6 Å². The normalized spacial score (nSPS) is 21.3. The van der Waals surface area contributed by atoms with Crippen molar-refractivity contribution >= 4 is 41.0 Å². The van der Waals surface area contributed by atoms with E-state index in [1.165, 1.54) is 0 Å². The van der Waals surface area contributed by atoms with Crippen molar-refractivity contribution in [2.24, 2.45) is 5.92 Å². The molecule has 3 aromatic heterocycles. The van der Waals surface area contributed by atoms with Crippen molar-refractivity contribution in [3.8, 4) is 0 Å². The number of hydrogen-bond acceptors (Lipinski definition) is 8. The summed E-state index contributed by atoms with van der Waals surface area (Å²) < 4.78 is 7.66. The highest BCUT2D eigenvalue weighted by Crippen LogP contribution is 2.35. The van der Waals surface area contributed by atoms with E-state index in [9.17, 15) is 9.59 Å². The number of imidazole rings is 1. The van der Waals surface area contributed by atoms with Crippen LogP contribution in [0.1, 0.15) is 53.2 Å². The molecule has 0 aromatic carbocycles. The molecule has 0 saturated carbocycles. The van der Waals surface area contributed by atoms with Gasteiger partial charge in [0.15, 0.2) is 5.82 Å². The van der Waals surface area contributed by atoms with Gasteiger partial charge < -0.3 is 24.3 Å². The lowest BCUT2D eigenvalue weighted by Crippen LogP contribution is -2.57. The van der Waals surface area contributed by atoms with E-state index in [0.717, 1.165) is 24.2 Å². The molecular weight excluding hydrogens is 544 g/mol. The van der Waals surface area contributed by atoms with Crippen LogP contribution in [0.2, 0.25) is 5.02 Å². The van der Waals surface area contributed by atoms with Crippen LogP contribution in [0.25, 0.3) is 5.65 Å². The molecule has 0 radical (unpaired) electrons. The first-order chi connectivity index (χ1) is 19.4. The molecule has 12 heteroatoms. The van der Waals surface area contributed by atoms with Crippen LogP contribution in [-0.2, 0) is 15.1 Å². The van der Waals surface area contributed by atoms with Crippen molar-refractivity contribution in [3.05, 3.63) is 47.5 Å². The number of amides is 2. The number of halogens is 1. The maximum atomic E-state index is 13.2. The number of fused-ring (bicyclic) bond motifs is 3. The SMILES string of the molecule is CC(C)(C)OC(=O)N1C2CCC1CN(c1ncc(Cl)c(N3CC(C(=O)NC(C)(C)c4cnc5ccccn45)C3)n1)C2. The molecule has 3 fully saturated rings. The van der Waals surface area contributed by atoms with Gasteiger partial charge in [0, 0.05) is 32.4 Å². The Morgan fingerprint density at radius 3 is 2.37 bits per heavy atom. The predicted molar refractivity (Wildman–Crippen MR) is 156 cm³/mol. The van der Waals surface area contributed by atoms with Gasteiger partial charge in [0.2, 0.25) is 11.9 Å². The van der Waals surface area contributed by atoms with Crippen molar-refractivity contribution in [1.29, 1.82) is 0 Å². The molecule has 2 amide bonds. The topological polar surface area (TPSA) is 108 Å². The molecule has 2 atom stereocenters. The number of nitrogens with zero attached hydrogens (tertiary/aromatic N) is 7. The summed E-state index contributed by atoms with van der Waals surface area (Å²) in [6.45, 7) is 11.9. The Balaban J connectivity index is 1.09. The van der Waals surface area contributed by atoms with Gasteiger partial charge in [-0.05, 0) is 59.6 Å². The first-order valence-electron chi connectivity index (χ1n) is 14.2. The van der Waals surface area contributed by atoms with Crippen LogP contribution in [0.15, 0.2) is 36.8 Å². The molecule has 3 aliphatic heterocycles. The monoisotopic (exact) mass is 580 g/mol. The fraction of sp³-hybridized carbons (Fsp3) is 0.552. The van der Waals surface area contributed by atoms with Crippen LogP contribution in [0.3, 0.4) is 0 Å². The smallest absolute Gasteiger partial charge is 0.410 e. The summed E-state index contributed by atoms with van der Waals surface area (Å²) in [5.41, 5.74) is 0.631. The van der Waals surface area contributed by atoms with E-state index >= 15 is 0 Å². The first-order valence-corrected chi connectivity index (χ1v) is 14.6. The second-order valence-corrected chi connectivity index (χ2v) is 13.2. The van der Waals surface area contributed by atoms with Crippen molar-refractivity contribution < 1.29 is 14.3 Å². The zero-order valence-electron chi connectivity index (χ0n) is 24.2. The second-order valence-electron chi connectivity index (χ2n) is 12.8. The fourth-order valence-corrected chi connectivity index (χ4v) is 6.30. The largest absolute Gasteiger partial charge is 0.444 e. The number of ether oxygens (including phenoxy) is 1. The molecule has 1 N–H and O–H groups in total. The molecule has 3 saturated heterocycles. The van der Waals surface area contributed by atoms with Crippen molar-refractivity contribution in [2.75, 3.05) is 36.0 Å². The third-order valence-corrected chi connectivity index (χ3v) is 8.39. The number of rotatable bonds is 5. The number of anilines is 2. The van der Waals surface area contributed by atoms with Gasteiger partial charge >= 0.3 is 6.09 Å². The Hall–Kier alpha value is -3.60. The molecule has 6 rings (SSSR count). The summed E-state index contributed by atoms with van der Waals surface area (Å²) in [5.74, 6) is 1.02. The molecule has 0 aliphatic carbocycles. The molecule has 218 valence electrons. The van der Waals surface area contributed by atoms with Crippen LogP contribution in [0.5, 0.6) is 0 Å². The zero-order valence-corrected chi connectivity index (χ0v) is 24.9. The number of hydrogen-bond donors (Lipinski definition) is 1. The van der Waals surface area contributed by atoms with Crippen LogP contribution in [-0.4, -0.2) is 80.1 Å². The van der Waals surface area contributed by atoms with Crippen LogP contribution < -0.4 is 15.1 Å². The molecule has 11 nitrogen and oxygen atoms in total. The third kappa shape index (κ3) is 5.27. The van der Waals surface area contributed by atoms with Gasteiger partial charge in [-0.1, -0.05) is 17.7 Å². The molecule has 0 spiro atoms.